The summed E-state index contributed by atoms with van der Waals surface area (Å²) in [5.74, 6) is 1.47. The lowest BCUT2D eigenvalue weighted by atomic mass is 9.85. The molecule has 1 amide bonds. The molecule has 1 unspecified atom stereocenters. The van der Waals surface area contributed by atoms with Gasteiger partial charge in [0.15, 0.2) is 0 Å². The van der Waals surface area contributed by atoms with Crippen LogP contribution in [0.1, 0.15) is 54.6 Å². The Balaban J connectivity index is 2.94. The first-order valence-corrected chi connectivity index (χ1v) is 7.74. The molecule has 0 bridgehead atoms. The van der Waals surface area contributed by atoms with Gasteiger partial charge in [-0.3, -0.25) is 4.79 Å². The number of hydrogen-bond donors (Lipinski definition) is 1. The molecule has 0 aromatic carbocycles. The Kier molecular flexibility index (Phi) is 5.25. The lowest BCUT2D eigenvalue weighted by Gasteiger charge is -2.31. The Morgan fingerprint density at radius 2 is 1.84 bits per heavy atom. The molecule has 0 spiro atoms. The summed E-state index contributed by atoms with van der Waals surface area (Å²) in [6, 6.07) is 0.133. The van der Waals surface area contributed by atoms with Crippen LogP contribution in [-0.4, -0.2) is 17.3 Å². The standard InChI is InChI=1S/C15H24BrNO2/c1-9-10(2)19-11(3)13(9)14(18)17-12(7-8-16)15(4,5)6/h12H,7-8H2,1-6H3,(H,17,18). The van der Waals surface area contributed by atoms with Crippen molar-refractivity contribution in [2.75, 3.05) is 5.33 Å². The van der Waals surface area contributed by atoms with Crippen molar-refractivity contribution in [1.82, 2.24) is 5.32 Å². The van der Waals surface area contributed by atoms with Crippen molar-refractivity contribution < 1.29 is 9.21 Å². The van der Waals surface area contributed by atoms with E-state index in [9.17, 15) is 4.79 Å². The van der Waals surface area contributed by atoms with Crippen molar-refractivity contribution in [2.24, 2.45) is 5.41 Å². The lowest BCUT2D eigenvalue weighted by Crippen LogP contribution is -2.44. The average molecular weight is 330 g/mol. The van der Waals surface area contributed by atoms with Gasteiger partial charge in [0.25, 0.3) is 5.91 Å². The third-order valence-electron chi connectivity index (χ3n) is 3.54. The maximum absolute atomic E-state index is 12.4. The molecule has 1 atom stereocenters. The summed E-state index contributed by atoms with van der Waals surface area (Å²) in [5, 5.41) is 4.01. The fraction of sp³-hybridized carbons (Fsp3) is 0.667. The van der Waals surface area contributed by atoms with Gasteiger partial charge < -0.3 is 9.73 Å². The van der Waals surface area contributed by atoms with Crippen LogP contribution in [0.25, 0.3) is 0 Å². The zero-order valence-corrected chi connectivity index (χ0v) is 14.3. The molecule has 1 aromatic rings. The van der Waals surface area contributed by atoms with E-state index in [1.165, 1.54) is 0 Å². The average Bonchev–Trinajstić information content (AvgIpc) is 2.51. The van der Waals surface area contributed by atoms with Crippen LogP contribution in [0, 0.1) is 26.2 Å². The van der Waals surface area contributed by atoms with E-state index in [1.54, 1.807) is 0 Å². The highest BCUT2D eigenvalue weighted by Crippen LogP contribution is 2.25. The third kappa shape index (κ3) is 3.85. The van der Waals surface area contributed by atoms with Gasteiger partial charge in [0, 0.05) is 16.9 Å². The van der Waals surface area contributed by atoms with Crippen molar-refractivity contribution in [2.45, 2.75) is 54.0 Å². The van der Waals surface area contributed by atoms with E-state index >= 15 is 0 Å². The summed E-state index contributed by atoms with van der Waals surface area (Å²) in [4.78, 5) is 12.4. The molecule has 0 aliphatic heterocycles. The molecule has 0 fully saturated rings. The summed E-state index contributed by atoms with van der Waals surface area (Å²) in [5.41, 5.74) is 1.65. The Morgan fingerprint density at radius 1 is 1.26 bits per heavy atom. The Morgan fingerprint density at radius 3 is 2.21 bits per heavy atom. The molecule has 0 aliphatic carbocycles. The van der Waals surface area contributed by atoms with E-state index in [1.807, 2.05) is 20.8 Å². The second kappa shape index (κ2) is 6.12. The van der Waals surface area contributed by atoms with Gasteiger partial charge in [-0.05, 0) is 32.6 Å². The number of alkyl halides is 1. The smallest absolute Gasteiger partial charge is 0.255 e. The van der Waals surface area contributed by atoms with Crippen molar-refractivity contribution in [1.29, 1.82) is 0 Å². The van der Waals surface area contributed by atoms with Gasteiger partial charge in [0.05, 0.1) is 5.56 Å². The van der Waals surface area contributed by atoms with E-state index in [-0.39, 0.29) is 17.4 Å². The number of furan rings is 1. The fourth-order valence-electron chi connectivity index (χ4n) is 2.19. The summed E-state index contributed by atoms with van der Waals surface area (Å²) in [6.45, 7) is 12.1. The van der Waals surface area contributed by atoms with E-state index in [0.717, 1.165) is 23.1 Å². The fourth-order valence-corrected chi connectivity index (χ4v) is 2.65. The molecule has 0 radical (unpaired) electrons. The van der Waals surface area contributed by atoms with Gasteiger partial charge >= 0.3 is 0 Å². The molecule has 4 heteroatoms. The molecule has 108 valence electrons. The maximum Gasteiger partial charge on any atom is 0.255 e. The highest BCUT2D eigenvalue weighted by atomic mass is 79.9. The van der Waals surface area contributed by atoms with Crippen LogP contribution in [-0.2, 0) is 0 Å². The number of carbonyl (C=O) groups is 1. The summed E-state index contributed by atoms with van der Waals surface area (Å²) >= 11 is 3.45. The maximum atomic E-state index is 12.4. The SMILES string of the molecule is Cc1oc(C)c(C(=O)NC(CCBr)C(C)(C)C)c1C. The van der Waals surface area contributed by atoms with Crippen molar-refractivity contribution in [3.8, 4) is 0 Å². The quantitative estimate of drug-likeness (QED) is 0.843. The van der Waals surface area contributed by atoms with Crippen LogP contribution >= 0.6 is 15.9 Å². The van der Waals surface area contributed by atoms with E-state index in [4.69, 9.17) is 4.42 Å². The zero-order valence-electron chi connectivity index (χ0n) is 12.7. The van der Waals surface area contributed by atoms with Crippen molar-refractivity contribution in [3.63, 3.8) is 0 Å². The topological polar surface area (TPSA) is 42.2 Å². The van der Waals surface area contributed by atoms with Crippen LogP contribution in [0.4, 0.5) is 0 Å². The molecule has 3 nitrogen and oxygen atoms in total. The Labute approximate surface area is 124 Å². The summed E-state index contributed by atoms with van der Waals surface area (Å²) in [7, 11) is 0. The zero-order chi connectivity index (χ0) is 14.8. The molecule has 1 N–H and O–H groups in total. The molecular formula is C15H24BrNO2. The highest BCUT2D eigenvalue weighted by molar-refractivity contribution is 9.09. The van der Waals surface area contributed by atoms with Crippen molar-refractivity contribution >= 4 is 21.8 Å². The second-order valence-corrected chi connectivity index (χ2v) is 6.88. The number of rotatable bonds is 4. The van der Waals surface area contributed by atoms with Crippen LogP contribution in [0.15, 0.2) is 4.42 Å². The number of hydrogen-bond acceptors (Lipinski definition) is 2. The number of amides is 1. The van der Waals surface area contributed by atoms with Crippen LogP contribution in [0.5, 0.6) is 0 Å². The monoisotopic (exact) mass is 329 g/mol. The lowest BCUT2D eigenvalue weighted by molar-refractivity contribution is 0.0898. The van der Waals surface area contributed by atoms with Crippen LogP contribution in [0.3, 0.4) is 0 Å². The van der Waals surface area contributed by atoms with Gasteiger partial charge in [-0.1, -0.05) is 36.7 Å². The first-order valence-electron chi connectivity index (χ1n) is 6.62. The van der Waals surface area contributed by atoms with E-state index in [0.29, 0.717) is 11.3 Å². The van der Waals surface area contributed by atoms with Gasteiger partial charge in [-0.25, -0.2) is 0 Å². The number of nitrogens with one attached hydrogen (secondary N) is 1. The largest absolute Gasteiger partial charge is 0.466 e. The molecular weight excluding hydrogens is 306 g/mol. The Bertz CT molecular complexity index is 457. The van der Waals surface area contributed by atoms with E-state index in [2.05, 4.69) is 42.0 Å². The third-order valence-corrected chi connectivity index (χ3v) is 3.99. The first-order chi connectivity index (χ1) is 8.68. The van der Waals surface area contributed by atoms with E-state index < -0.39 is 0 Å². The number of aryl methyl sites for hydroxylation is 2. The molecule has 1 heterocycles. The van der Waals surface area contributed by atoms with Gasteiger partial charge in [-0.2, -0.15) is 0 Å². The van der Waals surface area contributed by atoms with Crippen molar-refractivity contribution in [3.05, 3.63) is 22.6 Å². The van der Waals surface area contributed by atoms with Gasteiger partial charge in [0.2, 0.25) is 0 Å². The summed E-state index contributed by atoms with van der Waals surface area (Å²) in [6.07, 6.45) is 0.907. The minimum absolute atomic E-state index is 0.0318. The molecule has 0 aliphatic rings. The molecule has 19 heavy (non-hydrogen) atoms. The summed E-state index contributed by atoms with van der Waals surface area (Å²) < 4.78 is 5.52. The van der Waals surface area contributed by atoms with Gasteiger partial charge in [0.1, 0.15) is 11.5 Å². The van der Waals surface area contributed by atoms with Gasteiger partial charge in [-0.15, -0.1) is 0 Å². The molecule has 0 saturated heterocycles. The molecule has 1 rings (SSSR count). The molecule has 0 saturated carbocycles. The highest BCUT2D eigenvalue weighted by Gasteiger charge is 2.28. The molecule has 1 aromatic heterocycles. The second-order valence-electron chi connectivity index (χ2n) is 6.08. The number of halogens is 1. The van der Waals surface area contributed by atoms with Crippen LogP contribution < -0.4 is 5.32 Å². The predicted octanol–water partition coefficient (Wildman–Crippen LogP) is 4.13. The number of carbonyl (C=O) groups excluding carboxylic acids is 1. The van der Waals surface area contributed by atoms with Crippen LogP contribution in [0.2, 0.25) is 0 Å². The Hall–Kier alpha value is -0.770. The minimum Gasteiger partial charge on any atom is -0.466 e. The first kappa shape index (κ1) is 16.3. The predicted molar refractivity (Wildman–Crippen MR) is 82.0 cm³/mol. The normalized spacial score (nSPS) is 13.4. The minimum atomic E-state index is -0.0345.